The minimum Gasteiger partial charge on any atom is -0.355 e. The van der Waals surface area contributed by atoms with Crippen molar-refractivity contribution in [2.45, 2.75) is 36.6 Å². The highest BCUT2D eigenvalue weighted by Crippen LogP contribution is 2.18. The molecular formula is C14H19N3O4S. The van der Waals surface area contributed by atoms with Gasteiger partial charge in [0, 0.05) is 12.6 Å². The average Bonchev–Trinajstić information content (AvgIpc) is 3.22. The topological polar surface area (TPSA) is 118 Å². The summed E-state index contributed by atoms with van der Waals surface area (Å²) < 4.78 is 22.2. The zero-order chi connectivity index (χ0) is 16.2. The van der Waals surface area contributed by atoms with Crippen molar-refractivity contribution in [1.29, 1.82) is 0 Å². The fourth-order valence-electron chi connectivity index (χ4n) is 1.91. The van der Waals surface area contributed by atoms with Gasteiger partial charge in [0.1, 0.15) is 6.42 Å². The molecule has 1 aromatic carbocycles. The number of sulfonamides is 1. The quantitative estimate of drug-likeness (QED) is 0.594. The van der Waals surface area contributed by atoms with Crippen molar-refractivity contribution in [3.63, 3.8) is 0 Å². The molecule has 1 aliphatic rings. The molecule has 0 bridgehead atoms. The van der Waals surface area contributed by atoms with E-state index in [4.69, 9.17) is 5.14 Å². The maximum atomic E-state index is 11.6. The molecule has 0 saturated heterocycles. The number of rotatable bonds is 7. The third kappa shape index (κ3) is 5.45. The van der Waals surface area contributed by atoms with E-state index in [0.29, 0.717) is 13.0 Å². The van der Waals surface area contributed by atoms with Crippen LogP contribution < -0.4 is 15.8 Å². The van der Waals surface area contributed by atoms with Crippen LogP contribution in [0.2, 0.25) is 0 Å². The van der Waals surface area contributed by atoms with Crippen LogP contribution in [0, 0.1) is 0 Å². The van der Waals surface area contributed by atoms with Gasteiger partial charge in [-0.1, -0.05) is 12.1 Å². The summed E-state index contributed by atoms with van der Waals surface area (Å²) in [5.74, 6) is -0.572. The van der Waals surface area contributed by atoms with Crippen molar-refractivity contribution in [3.05, 3.63) is 29.8 Å². The van der Waals surface area contributed by atoms with E-state index in [1.807, 2.05) is 0 Å². The molecular weight excluding hydrogens is 306 g/mol. The Kier molecular flexibility index (Phi) is 5.15. The van der Waals surface area contributed by atoms with Gasteiger partial charge in [0.15, 0.2) is 0 Å². The molecule has 0 aromatic heterocycles. The van der Waals surface area contributed by atoms with Crippen molar-refractivity contribution in [3.8, 4) is 0 Å². The minimum atomic E-state index is -3.69. The number of hydrogen-bond acceptors (Lipinski definition) is 4. The Balaban J connectivity index is 1.71. The lowest BCUT2D eigenvalue weighted by molar-refractivity contribution is -0.129. The van der Waals surface area contributed by atoms with Gasteiger partial charge in [0.25, 0.3) is 0 Å². The second-order valence-electron chi connectivity index (χ2n) is 5.31. The van der Waals surface area contributed by atoms with Gasteiger partial charge in [-0.25, -0.2) is 13.6 Å². The third-order valence-electron chi connectivity index (χ3n) is 3.25. The smallest absolute Gasteiger partial charge is 0.238 e. The second-order valence-corrected chi connectivity index (χ2v) is 6.87. The van der Waals surface area contributed by atoms with Crippen molar-refractivity contribution >= 4 is 21.8 Å². The minimum absolute atomic E-state index is 0.0528. The fourth-order valence-corrected chi connectivity index (χ4v) is 2.42. The molecule has 0 unspecified atom stereocenters. The Hall–Kier alpha value is -1.93. The van der Waals surface area contributed by atoms with Crippen LogP contribution in [0.4, 0.5) is 0 Å². The predicted molar refractivity (Wildman–Crippen MR) is 80.3 cm³/mol. The number of benzene rings is 1. The van der Waals surface area contributed by atoms with E-state index in [2.05, 4.69) is 10.6 Å². The third-order valence-corrected chi connectivity index (χ3v) is 4.18. The van der Waals surface area contributed by atoms with Crippen molar-refractivity contribution < 1.29 is 18.0 Å². The van der Waals surface area contributed by atoms with Crippen LogP contribution in [-0.2, 0) is 26.0 Å². The van der Waals surface area contributed by atoms with Gasteiger partial charge >= 0.3 is 0 Å². The van der Waals surface area contributed by atoms with Crippen LogP contribution in [0.15, 0.2) is 29.2 Å². The van der Waals surface area contributed by atoms with E-state index in [1.54, 1.807) is 12.1 Å². The zero-order valence-electron chi connectivity index (χ0n) is 12.0. The lowest BCUT2D eigenvalue weighted by atomic mass is 10.1. The molecule has 0 aliphatic heterocycles. The van der Waals surface area contributed by atoms with Crippen molar-refractivity contribution in [2.75, 3.05) is 6.54 Å². The molecule has 0 heterocycles. The summed E-state index contributed by atoms with van der Waals surface area (Å²) in [4.78, 5) is 23.0. The predicted octanol–water partition coefficient (Wildman–Crippen LogP) is -0.339. The number of nitrogens with one attached hydrogen (secondary N) is 2. The first-order valence-electron chi connectivity index (χ1n) is 7.02. The Morgan fingerprint density at radius 1 is 1.14 bits per heavy atom. The molecule has 1 saturated carbocycles. The molecule has 0 radical (unpaired) electrons. The molecule has 0 spiro atoms. The lowest BCUT2D eigenvalue weighted by Gasteiger charge is -2.06. The number of primary sulfonamides is 1. The van der Waals surface area contributed by atoms with Crippen molar-refractivity contribution in [1.82, 2.24) is 10.6 Å². The molecule has 8 heteroatoms. The van der Waals surface area contributed by atoms with E-state index in [1.165, 1.54) is 12.1 Å². The maximum Gasteiger partial charge on any atom is 0.238 e. The van der Waals surface area contributed by atoms with Crippen LogP contribution in [-0.4, -0.2) is 32.8 Å². The van der Waals surface area contributed by atoms with Gasteiger partial charge in [-0.15, -0.1) is 0 Å². The molecule has 4 N–H and O–H groups in total. The summed E-state index contributed by atoms with van der Waals surface area (Å²) in [6.45, 7) is 0.379. The SMILES string of the molecule is NS(=O)(=O)c1ccc(CCNC(=O)CC(=O)NC2CC2)cc1. The molecule has 1 aromatic rings. The zero-order valence-corrected chi connectivity index (χ0v) is 12.9. The van der Waals surface area contributed by atoms with Crippen molar-refractivity contribution in [2.24, 2.45) is 5.14 Å². The molecule has 2 amide bonds. The lowest BCUT2D eigenvalue weighted by Crippen LogP contribution is -2.33. The number of amides is 2. The first kappa shape index (κ1) is 16.4. The molecule has 22 heavy (non-hydrogen) atoms. The summed E-state index contributed by atoms with van der Waals surface area (Å²) in [6, 6.07) is 6.39. The Labute approximate surface area is 129 Å². The largest absolute Gasteiger partial charge is 0.355 e. The van der Waals surface area contributed by atoms with E-state index in [0.717, 1.165) is 18.4 Å². The molecule has 120 valence electrons. The number of hydrogen-bond donors (Lipinski definition) is 3. The molecule has 2 rings (SSSR count). The van der Waals surface area contributed by atoms with Gasteiger partial charge in [0.05, 0.1) is 4.90 Å². The van der Waals surface area contributed by atoms with Gasteiger partial charge in [-0.2, -0.15) is 0 Å². The number of carbonyl (C=O) groups is 2. The number of nitrogens with two attached hydrogens (primary N) is 1. The van der Waals surface area contributed by atoms with E-state index < -0.39 is 10.0 Å². The first-order valence-corrected chi connectivity index (χ1v) is 8.57. The van der Waals surface area contributed by atoms with E-state index in [-0.39, 0.29) is 29.2 Å². The first-order chi connectivity index (χ1) is 10.3. The normalized spacial score (nSPS) is 14.4. The van der Waals surface area contributed by atoms with Crippen LogP contribution in [0.5, 0.6) is 0 Å². The summed E-state index contributed by atoms with van der Waals surface area (Å²) >= 11 is 0. The Morgan fingerprint density at radius 2 is 1.77 bits per heavy atom. The monoisotopic (exact) mass is 325 g/mol. The van der Waals surface area contributed by atoms with E-state index >= 15 is 0 Å². The van der Waals surface area contributed by atoms with Crippen LogP contribution in [0.1, 0.15) is 24.8 Å². The average molecular weight is 325 g/mol. The van der Waals surface area contributed by atoms with Gasteiger partial charge < -0.3 is 10.6 Å². The molecule has 7 nitrogen and oxygen atoms in total. The highest BCUT2D eigenvalue weighted by atomic mass is 32.2. The van der Waals surface area contributed by atoms with Crippen LogP contribution >= 0.6 is 0 Å². The molecule has 1 fully saturated rings. The van der Waals surface area contributed by atoms with Gasteiger partial charge in [-0.05, 0) is 37.0 Å². The molecule has 0 atom stereocenters. The second kappa shape index (κ2) is 6.89. The number of carbonyl (C=O) groups excluding carboxylic acids is 2. The summed E-state index contributed by atoms with van der Waals surface area (Å²) in [5, 5.41) is 10.4. The fraction of sp³-hybridized carbons (Fsp3) is 0.429. The Bertz CT molecular complexity index is 651. The highest BCUT2D eigenvalue weighted by molar-refractivity contribution is 7.89. The van der Waals surface area contributed by atoms with Crippen LogP contribution in [0.3, 0.4) is 0 Å². The van der Waals surface area contributed by atoms with Gasteiger partial charge in [-0.3, -0.25) is 9.59 Å². The van der Waals surface area contributed by atoms with Crippen LogP contribution in [0.25, 0.3) is 0 Å². The van der Waals surface area contributed by atoms with Gasteiger partial charge in [0.2, 0.25) is 21.8 Å². The summed E-state index contributed by atoms with van der Waals surface area (Å²) in [6.07, 6.45) is 2.35. The summed E-state index contributed by atoms with van der Waals surface area (Å²) in [5.41, 5.74) is 0.870. The molecule has 1 aliphatic carbocycles. The summed E-state index contributed by atoms with van der Waals surface area (Å²) in [7, 11) is -3.69. The Morgan fingerprint density at radius 3 is 2.32 bits per heavy atom. The standard InChI is InChI=1S/C14H19N3O4S/c15-22(20,21)12-5-1-10(2-6-12)7-8-16-13(18)9-14(19)17-11-3-4-11/h1-2,5-6,11H,3-4,7-9H2,(H,16,18)(H,17,19)(H2,15,20,21). The maximum absolute atomic E-state index is 11.6. The highest BCUT2D eigenvalue weighted by Gasteiger charge is 2.23. The van der Waals surface area contributed by atoms with E-state index in [9.17, 15) is 18.0 Å².